The smallest absolute Gasteiger partial charge is 0.235 e. The Kier molecular flexibility index (Phi) is 3.46. The summed E-state index contributed by atoms with van der Waals surface area (Å²) in [6, 6.07) is 6.15. The van der Waals surface area contributed by atoms with Crippen LogP contribution in [0.1, 0.15) is 18.1 Å². The van der Waals surface area contributed by atoms with Crippen molar-refractivity contribution in [1.82, 2.24) is 25.2 Å². The van der Waals surface area contributed by atoms with Crippen LogP contribution in [-0.4, -0.2) is 25.7 Å². The molecule has 0 saturated carbocycles. The molecule has 0 bridgehead atoms. The molecule has 0 unspecified atom stereocenters. The number of carbonyl (C=O) groups excluding carboxylic acids is 1. The third kappa shape index (κ3) is 2.48. The summed E-state index contributed by atoms with van der Waals surface area (Å²) < 4.78 is 1.77. The molecular formula is C15H16N6O. The van der Waals surface area contributed by atoms with Gasteiger partial charge in [0.2, 0.25) is 5.91 Å². The lowest BCUT2D eigenvalue weighted by molar-refractivity contribution is -0.118. The maximum absolute atomic E-state index is 11.0. The average molecular weight is 296 g/mol. The van der Waals surface area contributed by atoms with Crippen molar-refractivity contribution >= 4 is 22.8 Å². The minimum atomic E-state index is -0.200. The highest BCUT2D eigenvalue weighted by Gasteiger charge is 2.12. The lowest BCUT2D eigenvalue weighted by Gasteiger charge is -2.09. The number of amides is 1. The predicted octanol–water partition coefficient (Wildman–Crippen LogP) is 1.90. The SMILES string of the molecule is CC(=O)NNc1ncnc2c1cnn2-c1ccc(C)cc1C. The summed E-state index contributed by atoms with van der Waals surface area (Å²) in [4.78, 5) is 19.5. The number of anilines is 1. The van der Waals surface area contributed by atoms with Gasteiger partial charge in [0.05, 0.1) is 17.3 Å². The second-order valence-electron chi connectivity index (χ2n) is 5.11. The summed E-state index contributed by atoms with van der Waals surface area (Å²) in [5.41, 5.74) is 9.22. The minimum absolute atomic E-state index is 0.200. The van der Waals surface area contributed by atoms with Crippen LogP contribution in [0.25, 0.3) is 16.7 Å². The predicted molar refractivity (Wildman–Crippen MR) is 83.6 cm³/mol. The zero-order valence-electron chi connectivity index (χ0n) is 12.6. The van der Waals surface area contributed by atoms with Crippen LogP contribution < -0.4 is 10.9 Å². The molecule has 2 heterocycles. The van der Waals surface area contributed by atoms with E-state index in [9.17, 15) is 4.79 Å². The molecule has 3 rings (SSSR count). The van der Waals surface area contributed by atoms with Crippen LogP contribution in [0.15, 0.2) is 30.7 Å². The molecule has 3 aromatic rings. The lowest BCUT2D eigenvalue weighted by Crippen LogP contribution is -2.27. The fourth-order valence-electron chi connectivity index (χ4n) is 2.31. The number of hydrogen-bond donors (Lipinski definition) is 2. The minimum Gasteiger partial charge on any atom is -0.281 e. The summed E-state index contributed by atoms with van der Waals surface area (Å²) in [6.45, 7) is 5.51. The fourth-order valence-corrected chi connectivity index (χ4v) is 2.31. The number of hydrogen-bond acceptors (Lipinski definition) is 5. The molecule has 0 saturated heterocycles. The van der Waals surface area contributed by atoms with E-state index in [1.807, 2.05) is 19.1 Å². The maximum atomic E-state index is 11.0. The van der Waals surface area contributed by atoms with E-state index >= 15 is 0 Å². The zero-order valence-corrected chi connectivity index (χ0v) is 12.6. The Morgan fingerprint density at radius 1 is 1.23 bits per heavy atom. The molecular weight excluding hydrogens is 280 g/mol. The molecule has 7 heteroatoms. The highest BCUT2D eigenvalue weighted by molar-refractivity contribution is 5.88. The number of carbonyl (C=O) groups is 1. The molecule has 0 aliphatic rings. The largest absolute Gasteiger partial charge is 0.281 e. The van der Waals surface area contributed by atoms with Gasteiger partial charge in [-0.15, -0.1) is 0 Å². The number of fused-ring (bicyclic) bond motifs is 1. The summed E-state index contributed by atoms with van der Waals surface area (Å²) in [7, 11) is 0. The van der Waals surface area contributed by atoms with Gasteiger partial charge >= 0.3 is 0 Å². The zero-order chi connectivity index (χ0) is 15.7. The summed E-state index contributed by atoms with van der Waals surface area (Å²) in [5, 5.41) is 5.14. The molecule has 2 aromatic heterocycles. The highest BCUT2D eigenvalue weighted by Crippen LogP contribution is 2.23. The van der Waals surface area contributed by atoms with Gasteiger partial charge in [0.25, 0.3) is 0 Å². The van der Waals surface area contributed by atoms with Crippen LogP contribution in [0.5, 0.6) is 0 Å². The quantitative estimate of drug-likeness (QED) is 0.721. The number of aromatic nitrogens is 4. The molecule has 112 valence electrons. The van der Waals surface area contributed by atoms with Gasteiger partial charge in [-0.1, -0.05) is 17.7 Å². The second-order valence-corrected chi connectivity index (χ2v) is 5.11. The van der Waals surface area contributed by atoms with Crippen molar-refractivity contribution in [2.75, 3.05) is 5.43 Å². The van der Waals surface area contributed by atoms with Gasteiger partial charge in [0.15, 0.2) is 11.5 Å². The Bertz CT molecular complexity index is 854. The molecule has 0 atom stereocenters. The Morgan fingerprint density at radius 3 is 2.77 bits per heavy atom. The Hall–Kier alpha value is -2.96. The van der Waals surface area contributed by atoms with E-state index in [1.54, 1.807) is 10.9 Å². The van der Waals surface area contributed by atoms with Crippen LogP contribution in [0.3, 0.4) is 0 Å². The first-order valence-corrected chi connectivity index (χ1v) is 6.85. The molecule has 1 amide bonds. The molecule has 0 aliphatic carbocycles. The normalized spacial score (nSPS) is 10.7. The van der Waals surface area contributed by atoms with Gasteiger partial charge in [-0.05, 0) is 25.5 Å². The highest BCUT2D eigenvalue weighted by atomic mass is 16.2. The Morgan fingerprint density at radius 2 is 2.05 bits per heavy atom. The van der Waals surface area contributed by atoms with E-state index < -0.39 is 0 Å². The molecule has 22 heavy (non-hydrogen) atoms. The number of aryl methyl sites for hydroxylation is 2. The van der Waals surface area contributed by atoms with Crippen LogP contribution in [-0.2, 0) is 4.79 Å². The van der Waals surface area contributed by atoms with Gasteiger partial charge in [-0.2, -0.15) is 5.10 Å². The number of rotatable bonds is 3. The van der Waals surface area contributed by atoms with Crippen LogP contribution in [0.4, 0.5) is 5.82 Å². The van der Waals surface area contributed by atoms with E-state index in [-0.39, 0.29) is 5.91 Å². The molecule has 0 fully saturated rings. The van der Waals surface area contributed by atoms with Crippen LogP contribution >= 0.6 is 0 Å². The van der Waals surface area contributed by atoms with Gasteiger partial charge in [-0.3, -0.25) is 15.6 Å². The Balaban J connectivity index is 2.09. The first kappa shape index (κ1) is 14.0. The van der Waals surface area contributed by atoms with Crippen molar-refractivity contribution in [3.63, 3.8) is 0 Å². The summed E-state index contributed by atoms with van der Waals surface area (Å²) in [5.74, 6) is 0.310. The molecule has 1 aromatic carbocycles. The van der Waals surface area contributed by atoms with Crippen molar-refractivity contribution in [2.45, 2.75) is 20.8 Å². The van der Waals surface area contributed by atoms with Crippen molar-refractivity contribution < 1.29 is 4.79 Å². The number of nitrogens with zero attached hydrogens (tertiary/aromatic N) is 4. The standard InChI is InChI=1S/C15H16N6O/c1-9-4-5-13(10(2)6-9)21-15-12(7-18-21)14(16-8-17-15)20-19-11(3)22/h4-8H,1-3H3,(H,19,22)(H,16,17,20). The van der Waals surface area contributed by atoms with Crippen molar-refractivity contribution in [1.29, 1.82) is 0 Å². The van der Waals surface area contributed by atoms with Gasteiger partial charge in [-0.25, -0.2) is 14.6 Å². The van der Waals surface area contributed by atoms with E-state index in [0.29, 0.717) is 11.5 Å². The lowest BCUT2D eigenvalue weighted by atomic mass is 10.1. The van der Waals surface area contributed by atoms with Crippen molar-refractivity contribution in [2.24, 2.45) is 0 Å². The van der Waals surface area contributed by atoms with E-state index in [0.717, 1.165) is 16.6 Å². The summed E-state index contributed by atoms with van der Waals surface area (Å²) >= 11 is 0. The number of hydrazine groups is 1. The second kappa shape index (κ2) is 5.44. The third-order valence-electron chi connectivity index (χ3n) is 3.30. The van der Waals surface area contributed by atoms with E-state index in [4.69, 9.17) is 0 Å². The number of benzene rings is 1. The molecule has 0 radical (unpaired) electrons. The first-order chi connectivity index (χ1) is 10.6. The van der Waals surface area contributed by atoms with E-state index in [2.05, 4.69) is 38.9 Å². The molecule has 0 aliphatic heterocycles. The number of nitrogens with one attached hydrogen (secondary N) is 2. The molecule has 7 nitrogen and oxygen atoms in total. The third-order valence-corrected chi connectivity index (χ3v) is 3.30. The first-order valence-electron chi connectivity index (χ1n) is 6.85. The van der Waals surface area contributed by atoms with Gasteiger partial charge < -0.3 is 0 Å². The molecule has 2 N–H and O–H groups in total. The topological polar surface area (TPSA) is 84.7 Å². The van der Waals surface area contributed by atoms with Gasteiger partial charge in [0.1, 0.15) is 6.33 Å². The van der Waals surface area contributed by atoms with Crippen LogP contribution in [0.2, 0.25) is 0 Å². The Labute approximate surface area is 127 Å². The van der Waals surface area contributed by atoms with Crippen molar-refractivity contribution in [3.8, 4) is 5.69 Å². The molecule has 0 spiro atoms. The average Bonchev–Trinajstić information content (AvgIpc) is 2.89. The summed E-state index contributed by atoms with van der Waals surface area (Å²) in [6.07, 6.45) is 3.12. The van der Waals surface area contributed by atoms with Crippen molar-refractivity contribution in [3.05, 3.63) is 41.9 Å². The van der Waals surface area contributed by atoms with Gasteiger partial charge in [0, 0.05) is 6.92 Å². The van der Waals surface area contributed by atoms with Crippen LogP contribution in [0, 0.1) is 13.8 Å². The maximum Gasteiger partial charge on any atom is 0.235 e. The van der Waals surface area contributed by atoms with E-state index in [1.165, 1.54) is 18.8 Å². The fraction of sp³-hybridized carbons (Fsp3) is 0.200. The monoisotopic (exact) mass is 296 g/mol.